The van der Waals surface area contributed by atoms with Crippen LogP contribution >= 0.6 is 11.3 Å². The summed E-state index contributed by atoms with van der Waals surface area (Å²) in [6, 6.07) is 8.56. The normalized spacial score (nSPS) is 15.6. The predicted molar refractivity (Wildman–Crippen MR) is 118 cm³/mol. The summed E-state index contributed by atoms with van der Waals surface area (Å²) >= 11 is 1.71. The molecule has 6 heteroatoms. The number of guanidine groups is 1. The van der Waals surface area contributed by atoms with E-state index in [-0.39, 0.29) is 0 Å². The molecule has 152 valence electrons. The van der Waals surface area contributed by atoms with Crippen LogP contribution in [0.15, 0.2) is 34.6 Å². The third-order valence-corrected chi connectivity index (χ3v) is 6.24. The molecule has 2 aromatic rings. The van der Waals surface area contributed by atoms with Crippen molar-refractivity contribution in [3.8, 4) is 10.6 Å². The summed E-state index contributed by atoms with van der Waals surface area (Å²) in [7, 11) is 3.97. The van der Waals surface area contributed by atoms with E-state index in [0.29, 0.717) is 0 Å². The maximum Gasteiger partial charge on any atom is 0.193 e. The van der Waals surface area contributed by atoms with Gasteiger partial charge in [0.05, 0.1) is 5.69 Å². The van der Waals surface area contributed by atoms with Crippen LogP contribution in [0.25, 0.3) is 10.6 Å². The van der Waals surface area contributed by atoms with E-state index in [9.17, 15) is 0 Å². The molecule has 1 saturated heterocycles. The average molecular weight is 401 g/mol. The Morgan fingerprint density at radius 1 is 1.29 bits per heavy atom. The second-order valence-corrected chi connectivity index (χ2v) is 8.36. The second kappa shape index (κ2) is 10.6. The Morgan fingerprint density at radius 3 is 2.75 bits per heavy atom. The standard InChI is InChI=1S/C22H32N4OS/c1-17-4-6-19(7-5-17)21-25-20(16-28-21)8-12-24-22(23-2)26(3)13-9-18-10-14-27-15-11-18/h4-7,16,18H,8-15H2,1-3H3,(H,23,24). The molecule has 0 saturated carbocycles. The Morgan fingerprint density at radius 2 is 2.04 bits per heavy atom. The van der Waals surface area contributed by atoms with Gasteiger partial charge in [-0.15, -0.1) is 11.3 Å². The van der Waals surface area contributed by atoms with Gasteiger partial charge in [0.15, 0.2) is 5.96 Å². The van der Waals surface area contributed by atoms with Crippen LogP contribution in [0.4, 0.5) is 0 Å². The van der Waals surface area contributed by atoms with Gasteiger partial charge in [-0.2, -0.15) is 0 Å². The third kappa shape index (κ3) is 6.04. The van der Waals surface area contributed by atoms with Crippen molar-refractivity contribution in [2.45, 2.75) is 32.6 Å². The molecule has 0 spiro atoms. The quantitative estimate of drug-likeness (QED) is 0.564. The van der Waals surface area contributed by atoms with Gasteiger partial charge in [-0.05, 0) is 32.1 Å². The molecule has 2 heterocycles. The lowest BCUT2D eigenvalue weighted by molar-refractivity contribution is 0.0625. The molecule has 1 aromatic heterocycles. The lowest BCUT2D eigenvalue weighted by Crippen LogP contribution is -2.40. The molecule has 3 rings (SSSR count). The van der Waals surface area contributed by atoms with Crippen molar-refractivity contribution < 1.29 is 4.74 Å². The molecule has 1 aromatic carbocycles. The number of aromatic nitrogens is 1. The molecular weight excluding hydrogens is 368 g/mol. The van der Waals surface area contributed by atoms with Gasteiger partial charge >= 0.3 is 0 Å². The molecule has 0 bridgehead atoms. The molecule has 28 heavy (non-hydrogen) atoms. The maximum atomic E-state index is 5.45. The van der Waals surface area contributed by atoms with Gasteiger partial charge in [0.1, 0.15) is 5.01 Å². The molecule has 1 N–H and O–H groups in total. The predicted octanol–water partition coefficient (Wildman–Crippen LogP) is 3.98. The van der Waals surface area contributed by atoms with Crippen molar-refractivity contribution in [1.29, 1.82) is 0 Å². The Bertz CT molecular complexity index is 750. The molecule has 1 fully saturated rings. The summed E-state index contributed by atoms with van der Waals surface area (Å²) in [5.41, 5.74) is 3.60. The smallest absolute Gasteiger partial charge is 0.193 e. The monoisotopic (exact) mass is 400 g/mol. The number of nitrogens with one attached hydrogen (secondary N) is 1. The Labute approximate surface area is 172 Å². The third-order valence-electron chi connectivity index (χ3n) is 5.30. The first-order chi connectivity index (χ1) is 13.7. The lowest BCUT2D eigenvalue weighted by Gasteiger charge is -2.26. The first kappa shape index (κ1) is 20.8. The van der Waals surface area contributed by atoms with E-state index in [2.05, 4.69) is 58.8 Å². The fraction of sp³-hybridized carbons (Fsp3) is 0.545. The van der Waals surface area contributed by atoms with Crippen LogP contribution < -0.4 is 5.32 Å². The van der Waals surface area contributed by atoms with Gasteiger partial charge in [0.2, 0.25) is 0 Å². The van der Waals surface area contributed by atoms with Crippen molar-refractivity contribution in [3.05, 3.63) is 40.9 Å². The molecule has 0 amide bonds. The van der Waals surface area contributed by atoms with Crippen molar-refractivity contribution in [1.82, 2.24) is 15.2 Å². The Balaban J connectivity index is 1.43. The van der Waals surface area contributed by atoms with Gasteiger partial charge in [-0.25, -0.2) is 4.98 Å². The zero-order chi connectivity index (χ0) is 19.8. The number of rotatable bonds is 7. The second-order valence-electron chi connectivity index (χ2n) is 7.50. The Kier molecular flexibility index (Phi) is 7.86. The van der Waals surface area contributed by atoms with Gasteiger partial charge < -0.3 is 15.0 Å². The first-order valence-electron chi connectivity index (χ1n) is 10.2. The molecule has 0 radical (unpaired) electrons. The van der Waals surface area contributed by atoms with E-state index < -0.39 is 0 Å². The van der Waals surface area contributed by atoms with E-state index >= 15 is 0 Å². The summed E-state index contributed by atoms with van der Waals surface area (Å²) in [6.45, 7) is 5.80. The van der Waals surface area contributed by atoms with Crippen LogP contribution in [0.5, 0.6) is 0 Å². The lowest BCUT2D eigenvalue weighted by atomic mass is 9.96. The summed E-state index contributed by atoms with van der Waals surface area (Å²) in [6.07, 6.45) is 4.47. The molecule has 1 aliphatic heterocycles. The van der Waals surface area contributed by atoms with E-state index in [4.69, 9.17) is 9.72 Å². The number of nitrogens with zero attached hydrogens (tertiary/aromatic N) is 3. The van der Waals surface area contributed by atoms with Crippen molar-refractivity contribution >= 4 is 17.3 Å². The molecule has 5 nitrogen and oxygen atoms in total. The molecule has 0 aliphatic carbocycles. The van der Waals surface area contributed by atoms with Gasteiger partial charge in [-0.3, -0.25) is 4.99 Å². The van der Waals surface area contributed by atoms with Gasteiger partial charge in [0, 0.05) is 57.8 Å². The van der Waals surface area contributed by atoms with E-state index in [1.807, 2.05) is 7.05 Å². The van der Waals surface area contributed by atoms with Crippen LogP contribution in [0.3, 0.4) is 0 Å². The van der Waals surface area contributed by atoms with Gasteiger partial charge in [-0.1, -0.05) is 29.8 Å². The number of aryl methyl sites for hydroxylation is 1. The fourth-order valence-electron chi connectivity index (χ4n) is 3.45. The molecular formula is C22H32N4OS. The molecule has 0 unspecified atom stereocenters. The summed E-state index contributed by atoms with van der Waals surface area (Å²) in [5, 5.41) is 6.73. The minimum absolute atomic E-state index is 0.782. The minimum Gasteiger partial charge on any atom is -0.381 e. The number of aliphatic imine (C=N–C) groups is 1. The fourth-order valence-corrected chi connectivity index (χ4v) is 4.32. The summed E-state index contributed by atoms with van der Waals surface area (Å²) in [5.74, 6) is 1.74. The van der Waals surface area contributed by atoms with Crippen molar-refractivity contribution in [2.24, 2.45) is 10.9 Å². The Hall–Kier alpha value is -1.92. The minimum atomic E-state index is 0.782. The van der Waals surface area contributed by atoms with E-state index in [0.717, 1.165) is 55.3 Å². The van der Waals surface area contributed by atoms with Crippen molar-refractivity contribution in [2.75, 3.05) is 40.4 Å². The van der Waals surface area contributed by atoms with Crippen molar-refractivity contribution in [3.63, 3.8) is 0 Å². The zero-order valence-electron chi connectivity index (χ0n) is 17.3. The van der Waals surface area contributed by atoms with E-state index in [1.54, 1.807) is 11.3 Å². The number of thiazole rings is 1. The highest BCUT2D eigenvalue weighted by molar-refractivity contribution is 7.13. The van der Waals surface area contributed by atoms with Crippen LogP contribution in [0.2, 0.25) is 0 Å². The van der Waals surface area contributed by atoms with Gasteiger partial charge in [0.25, 0.3) is 0 Å². The number of hydrogen-bond acceptors (Lipinski definition) is 4. The topological polar surface area (TPSA) is 49.8 Å². The number of hydrogen-bond donors (Lipinski definition) is 1. The highest BCUT2D eigenvalue weighted by Gasteiger charge is 2.15. The van der Waals surface area contributed by atoms with Crippen LogP contribution in [-0.2, 0) is 11.2 Å². The van der Waals surface area contributed by atoms with Crippen LogP contribution in [-0.4, -0.2) is 56.2 Å². The SMILES string of the molecule is CN=C(NCCc1csc(-c2ccc(C)cc2)n1)N(C)CCC1CCOCC1. The number of ether oxygens (including phenoxy) is 1. The average Bonchev–Trinajstić information content (AvgIpc) is 3.19. The highest BCUT2D eigenvalue weighted by Crippen LogP contribution is 2.24. The summed E-state index contributed by atoms with van der Waals surface area (Å²) in [4.78, 5) is 11.5. The highest BCUT2D eigenvalue weighted by atomic mass is 32.1. The zero-order valence-corrected chi connectivity index (χ0v) is 18.1. The molecule has 0 atom stereocenters. The molecule has 1 aliphatic rings. The maximum absolute atomic E-state index is 5.45. The summed E-state index contributed by atoms with van der Waals surface area (Å²) < 4.78 is 5.45. The van der Waals surface area contributed by atoms with Crippen LogP contribution in [0.1, 0.15) is 30.5 Å². The largest absolute Gasteiger partial charge is 0.381 e. The van der Waals surface area contributed by atoms with E-state index in [1.165, 1.54) is 30.4 Å². The van der Waals surface area contributed by atoms with Crippen LogP contribution in [0, 0.1) is 12.8 Å². The first-order valence-corrected chi connectivity index (χ1v) is 11.0. The number of benzene rings is 1.